The minimum Gasteiger partial charge on any atom is -0.487 e. The molecule has 0 radical (unpaired) electrons. The van der Waals surface area contributed by atoms with E-state index < -0.39 is 0 Å². The smallest absolute Gasteiger partial charge is 0.163 e. The summed E-state index contributed by atoms with van der Waals surface area (Å²) in [5, 5.41) is 3.69. The third-order valence-corrected chi connectivity index (χ3v) is 4.95. The van der Waals surface area contributed by atoms with E-state index in [9.17, 15) is 4.79 Å². The first-order chi connectivity index (χ1) is 13.8. The summed E-state index contributed by atoms with van der Waals surface area (Å²) in [5.74, 6) is 0.626. The second kappa shape index (κ2) is 7.94. The number of ketones is 1. The molecular weight excluding hydrogens is 352 g/mol. The molecule has 0 aliphatic carbocycles. The molecule has 2 heterocycles. The van der Waals surface area contributed by atoms with Gasteiger partial charge in [0.05, 0.1) is 6.20 Å². The van der Waals surface area contributed by atoms with Crippen molar-refractivity contribution in [2.75, 3.05) is 6.54 Å². The Bertz CT molecular complexity index is 1060. The molecule has 6 nitrogen and oxygen atoms in total. The fourth-order valence-electron chi connectivity index (χ4n) is 3.51. The molecule has 1 aliphatic heterocycles. The highest BCUT2D eigenvalue weighted by atomic mass is 16.5. The maximum absolute atomic E-state index is 12.9. The maximum Gasteiger partial charge on any atom is 0.163 e. The lowest BCUT2D eigenvalue weighted by Gasteiger charge is -2.21. The Morgan fingerprint density at radius 2 is 2.04 bits per heavy atom. The summed E-state index contributed by atoms with van der Waals surface area (Å²) in [4.78, 5) is 19.9. The largest absolute Gasteiger partial charge is 0.487 e. The van der Waals surface area contributed by atoms with E-state index in [-0.39, 0.29) is 24.7 Å². The van der Waals surface area contributed by atoms with Crippen LogP contribution in [0.1, 0.15) is 33.8 Å². The van der Waals surface area contributed by atoms with Crippen LogP contribution < -0.4 is 4.74 Å². The molecule has 0 bridgehead atoms. The van der Waals surface area contributed by atoms with E-state index in [0.29, 0.717) is 12.2 Å². The van der Waals surface area contributed by atoms with E-state index in [1.165, 1.54) is 0 Å². The normalized spacial score (nSPS) is 12.7. The predicted octanol–water partition coefficient (Wildman–Crippen LogP) is 5.31. The van der Waals surface area contributed by atoms with Gasteiger partial charge in [-0.25, -0.2) is 0 Å². The molecule has 0 unspecified atom stereocenters. The highest BCUT2D eigenvalue weighted by molar-refractivity contribution is 5.97. The molecule has 28 heavy (non-hydrogen) atoms. The molecule has 1 aromatic heterocycles. The first-order valence-electron chi connectivity index (χ1n) is 9.05. The van der Waals surface area contributed by atoms with E-state index >= 15 is 0 Å². The Balaban J connectivity index is 1.59. The fourth-order valence-corrected chi connectivity index (χ4v) is 3.51. The lowest BCUT2D eigenvalue weighted by molar-refractivity contribution is 0.0974. The first kappa shape index (κ1) is 17.8. The number of carbonyl (C=O) groups excluding carboxylic acids is 1. The van der Waals surface area contributed by atoms with Gasteiger partial charge in [-0.1, -0.05) is 47.6 Å². The van der Waals surface area contributed by atoms with Crippen LogP contribution >= 0.6 is 0 Å². The fraction of sp³-hybridized carbons (Fsp3) is 0.182. The van der Waals surface area contributed by atoms with Crippen LogP contribution in [0.25, 0.3) is 21.6 Å². The third kappa shape index (κ3) is 3.59. The Hall–Kier alpha value is -3.63. The summed E-state index contributed by atoms with van der Waals surface area (Å²) >= 11 is 0. The number of ether oxygens (including phenoxy) is 1. The van der Waals surface area contributed by atoms with Gasteiger partial charge in [0.2, 0.25) is 0 Å². The molecule has 0 spiro atoms. The Labute approximate surface area is 162 Å². The molecule has 0 fully saturated rings. The average Bonchev–Trinajstić information content (AvgIpc) is 2.76. The summed E-state index contributed by atoms with van der Waals surface area (Å²) in [6.07, 6.45) is 3.72. The third-order valence-electron chi connectivity index (χ3n) is 4.95. The lowest BCUT2D eigenvalue weighted by Crippen LogP contribution is -2.12. The lowest BCUT2D eigenvalue weighted by atomic mass is 9.89. The number of pyridine rings is 1. The van der Waals surface area contributed by atoms with Crippen molar-refractivity contribution >= 4 is 5.78 Å². The van der Waals surface area contributed by atoms with Crippen LogP contribution in [-0.4, -0.2) is 17.3 Å². The number of nitrogens with zero attached hydrogens (tertiary/aromatic N) is 4. The van der Waals surface area contributed by atoms with Gasteiger partial charge >= 0.3 is 0 Å². The van der Waals surface area contributed by atoms with Crippen LogP contribution in [0.5, 0.6) is 5.75 Å². The first-order valence-corrected chi connectivity index (χ1v) is 9.05. The molecule has 2 aromatic carbocycles. The van der Waals surface area contributed by atoms with Crippen molar-refractivity contribution in [2.45, 2.75) is 18.9 Å². The van der Waals surface area contributed by atoms with Gasteiger partial charge in [-0.2, -0.15) is 0 Å². The highest BCUT2D eigenvalue weighted by Gasteiger charge is 2.21. The second-order valence-corrected chi connectivity index (χ2v) is 6.68. The maximum atomic E-state index is 12.9. The number of hydrogen-bond donors (Lipinski definition) is 0. The quantitative estimate of drug-likeness (QED) is 0.255. The van der Waals surface area contributed by atoms with Crippen molar-refractivity contribution < 1.29 is 9.53 Å². The Morgan fingerprint density at radius 1 is 1.18 bits per heavy atom. The van der Waals surface area contributed by atoms with Crippen LogP contribution in [0.3, 0.4) is 0 Å². The van der Waals surface area contributed by atoms with Crippen LogP contribution in [0, 0.1) is 0 Å². The molecule has 6 heteroatoms. The summed E-state index contributed by atoms with van der Waals surface area (Å²) in [7, 11) is 0. The Morgan fingerprint density at radius 3 is 2.86 bits per heavy atom. The van der Waals surface area contributed by atoms with Gasteiger partial charge in [0.25, 0.3) is 0 Å². The predicted molar refractivity (Wildman–Crippen MR) is 106 cm³/mol. The van der Waals surface area contributed by atoms with Crippen molar-refractivity contribution in [1.29, 1.82) is 0 Å². The van der Waals surface area contributed by atoms with Crippen LogP contribution in [0.2, 0.25) is 0 Å². The zero-order valence-corrected chi connectivity index (χ0v) is 15.2. The number of carbonyl (C=O) groups is 1. The van der Waals surface area contributed by atoms with Crippen molar-refractivity contribution in [1.82, 2.24) is 4.98 Å². The number of fused-ring (bicyclic) bond motifs is 3. The van der Waals surface area contributed by atoms with E-state index in [4.69, 9.17) is 10.3 Å². The SMILES string of the molecule is [N-]=[N+]=NC[C@@H](CC(=O)c1ccc2c(c1)COc1cnccc1-2)c1ccccc1. The summed E-state index contributed by atoms with van der Waals surface area (Å²) in [6, 6.07) is 17.3. The van der Waals surface area contributed by atoms with Gasteiger partial charge in [0.15, 0.2) is 5.78 Å². The molecule has 0 saturated carbocycles. The monoisotopic (exact) mass is 370 g/mol. The Kier molecular flexibility index (Phi) is 5.04. The van der Waals surface area contributed by atoms with Crippen LogP contribution in [0.4, 0.5) is 0 Å². The van der Waals surface area contributed by atoms with E-state index in [1.807, 2.05) is 54.6 Å². The minimum atomic E-state index is -0.149. The van der Waals surface area contributed by atoms with Gasteiger partial charge in [0, 0.05) is 35.2 Å². The number of rotatable bonds is 6. The van der Waals surface area contributed by atoms with Gasteiger partial charge in [-0.15, -0.1) is 0 Å². The van der Waals surface area contributed by atoms with Gasteiger partial charge < -0.3 is 4.74 Å². The van der Waals surface area contributed by atoms with Crippen molar-refractivity contribution in [3.63, 3.8) is 0 Å². The van der Waals surface area contributed by atoms with Gasteiger partial charge in [0.1, 0.15) is 12.4 Å². The highest BCUT2D eigenvalue weighted by Crippen LogP contribution is 2.37. The van der Waals surface area contributed by atoms with E-state index in [2.05, 4.69) is 15.0 Å². The van der Waals surface area contributed by atoms with Crippen LogP contribution in [-0.2, 0) is 6.61 Å². The van der Waals surface area contributed by atoms with Crippen molar-refractivity contribution in [3.8, 4) is 16.9 Å². The second-order valence-electron chi connectivity index (χ2n) is 6.68. The molecule has 4 rings (SSSR count). The van der Waals surface area contributed by atoms with Gasteiger partial charge in [-0.3, -0.25) is 9.78 Å². The number of benzene rings is 2. The molecule has 0 saturated heterocycles. The summed E-state index contributed by atoms with van der Waals surface area (Å²) in [6.45, 7) is 0.663. The van der Waals surface area contributed by atoms with E-state index in [1.54, 1.807) is 12.4 Å². The molecule has 0 N–H and O–H groups in total. The molecule has 3 aromatic rings. The zero-order chi connectivity index (χ0) is 19.3. The molecule has 138 valence electrons. The minimum absolute atomic E-state index is 0.0188. The van der Waals surface area contributed by atoms with Gasteiger partial charge in [-0.05, 0) is 40.3 Å². The number of hydrogen-bond acceptors (Lipinski definition) is 4. The summed E-state index contributed by atoms with van der Waals surface area (Å²) < 4.78 is 5.76. The number of azide groups is 1. The molecular formula is C22H18N4O2. The molecule has 0 amide bonds. The van der Waals surface area contributed by atoms with Crippen LogP contribution in [0.15, 0.2) is 72.1 Å². The topological polar surface area (TPSA) is 88.0 Å². The van der Waals surface area contributed by atoms with E-state index in [0.717, 1.165) is 28.0 Å². The van der Waals surface area contributed by atoms with Crippen molar-refractivity contribution in [2.24, 2.45) is 5.11 Å². The molecule has 1 aliphatic rings. The standard InChI is InChI=1S/C22H18N4O2/c23-26-25-12-17(15-4-2-1-3-5-15)11-21(27)16-6-7-19-18(10-16)14-28-22-13-24-9-8-20(19)22/h1-10,13,17H,11-12,14H2/t17-/m1/s1. The molecule has 1 atom stereocenters. The number of aromatic nitrogens is 1. The summed E-state index contributed by atoms with van der Waals surface area (Å²) in [5.41, 5.74) is 13.3. The number of Topliss-reactive ketones (excluding diaryl/α,β-unsaturated/α-hetero) is 1. The van der Waals surface area contributed by atoms with Crippen molar-refractivity contribution in [3.05, 3.63) is 94.1 Å². The average molecular weight is 370 g/mol. The zero-order valence-electron chi connectivity index (χ0n) is 15.2.